The van der Waals surface area contributed by atoms with Crippen LogP contribution < -0.4 is 10.1 Å². The van der Waals surface area contributed by atoms with Crippen molar-refractivity contribution in [1.29, 1.82) is 0 Å². The minimum atomic E-state index is 0. The molecule has 3 heteroatoms. The van der Waals surface area contributed by atoms with Gasteiger partial charge in [0.2, 0.25) is 0 Å². The van der Waals surface area contributed by atoms with E-state index in [-0.39, 0.29) is 17.9 Å². The SMILES string of the molecule is COc1ccc2c(c1)C(C)CC(C)(C)N2.Cl. The summed E-state index contributed by atoms with van der Waals surface area (Å²) in [6.45, 7) is 6.77. The molecule has 0 amide bonds. The third-order valence-electron chi connectivity index (χ3n) is 3.08. The first-order valence-corrected chi connectivity index (χ1v) is 5.48. The number of nitrogens with one attached hydrogen (secondary N) is 1. The first-order valence-electron chi connectivity index (χ1n) is 5.48. The van der Waals surface area contributed by atoms with Gasteiger partial charge in [0, 0.05) is 11.2 Å². The van der Waals surface area contributed by atoms with E-state index in [2.05, 4.69) is 38.2 Å². The van der Waals surface area contributed by atoms with Crippen molar-refractivity contribution in [3.05, 3.63) is 23.8 Å². The van der Waals surface area contributed by atoms with Crippen LogP contribution in [0.1, 0.15) is 38.7 Å². The van der Waals surface area contributed by atoms with Gasteiger partial charge in [0.25, 0.3) is 0 Å². The Hall–Kier alpha value is -0.890. The molecule has 0 spiro atoms. The summed E-state index contributed by atoms with van der Waals surface area (Å²) in [5.74, 6) is 1.54. The van der Waals surface area contributed by atoms with Crippen LogP contribution in [0, 0.1) is 0 Å². The van der Waals surface area contributed by atoms with Crippen LogP contribution in [0.5, 0.6) is 5.75 Å². The van der Waals surface area contributed by atoms with Crippen molar-refractivity contribution in [2.75, 3.05) is 12.4 Å². The summed E-state index contributed by atoms with van der Waals surface area (Å²) in [6.07, 6.45) is 1.16. The van der Waals surface area contributed by atoms with Crippen LogP contribution in [0.25, 0.3) is 0 Å². The first-order chi connectivity index (χ1) is 7.02. The lowest BCUT2D eigenvalue weighted by Gasteiger charge is -2.37. The van der Waals surface area contributed by atoms with Crippen molar-refractivity contribution < 1.29 is 4.74 Å². The summed E-state index contributed by atoms with van der Waals surface area (Å²) < 4.78 is 5.25. The Morgan fingerprint density at radius 2 is 2.06 bits per heavy atom. The predicted molar refractivity (Wildman–Crippen MR) is 71.0 cm³/mol. The topological polar surface area (TPSA) is 21.3 Å². The molecule has 90 valence electrons. The van der Waals surface area contributed by atoms with Gasteiger partial charge in [-0.3, -0.25) is 0 Å². The van der Waals surface area contributed by atoms with Gasteiger partial charge in [-0.1, -0.05) is 6.92 Å². The van der Waals surface area contributed by atoms with Gasteiger partial charge < -0.3 is 10.1 Å². The Labute approximate surface area is 104 Å². The molecule has 1 aliphatic rings. The lowest BCUT2D eigenvalue weighted by molar-refractivity contribution is 0.410. The van der Waals surface area contributed by atoms with Crippen LogP contribution in [0.4, 0.5) is 5.69 Å². The van der Waals surface area contributed by atoms with E-state index in [1.807, 2.05) is 6.07 Å². The monoisotopic (exact) mass is 241 g/mol. The quantitative estimate of drug-likeness (QED) is 0.807. The summed E-state index contributed by atoms with van der Waals surface area (Å²) in [7, 11) is 1.71. The number of rotatable bonds is 1. The van der Waals surface area contributed by atoms with E-state index in [4.69, 9.17) is 4.74 Å². The summed E-state index contributed by atoms with van der Waals surface area (Å²) in [4.78, 5) is 0. The Morgan fingerprint density at radius 3 is 2.69 bits per heavy atom. The smallest absolute Gasteiger partial charge is 0.119 e. The van der Waals surface area contributed by atoms with E-state index < -0.39 is 0 Å². The summed E-state index contributed by atoms with van der Waals surface area (Å²) >= 11 is 0. The number of hydrogen-bond acceptors (Lipinski definition) is 2. The fourth-order valence-corrected chi connectivity index (χ4v) is 2.48. The molecule has 2 rings (SSSR count). The average molecular weight is 242 g/mol. The molecule has 0 aromatic heterocycles. The Balaban J connectivity index is 0.00000128. The van der Waals surface area contributed by atoms with Crippen molar-refractivity contribution in [2.45, 2.75) is 38.6 Å². The van der Waals surface area contributed by atoms with Crippen LogP contribution >= 0.6 is 12.4 Å². The third kappa shape index (κ3) is 2.43. The fraction of sp³-hybridized carbons (Fsp3) is 0.538. The summed E-state index contributed by atoms with van der Waals surface area (Å²) in [5, 5.41) is 3.56. The molecule has 1 unspecified atom stereocenters. The summed E-state index contributed by atoms with van der Waals surface area (Å²) in [6, 6.07) is 6.27. The molecule has 1 aromatic rings. The first kappa shape index (κ1) is 13.2. The van der Waals surface area contributed by atoms with Crippen molar-refractivity contribution in [3.63, 3.8) is 0 Å². The lowest BCUT2D eigenvalue weighted by atomic mass is 9.82. The maximum Gasteiger partial charge on any atom is 0.119 e. The molecular formula is C13H20ClNO. The minimum absolute atomic E-state index is 0. The van der Waals surface area contributed by atoms with Gasteiger partial charge >= 0.3 is 0 Å². The Kier molecular flexibility index (Phi) is 3.74. The zero-order valence-corrected chi connectivity index (χ0v) is 11.1. The van der Waals surface area contributed by atoms with E-state index in [9.17, 15) is 0 Å². The molecule has 0 bridgehead atoms. The molecule has 1 heterocycles. The molecule has 16 heavy (non-hydrogen) atoms. The van der Waals surface area contributed by atoms with Crippen LogP contribution in [-0.4, -0.2) is 12.6 Å². The largest absolute Gasteiger partial charge is 0.497 e. The van der Waals surface area contributed by atoms with Gasteiger partial charge in [-0.05, 0) is 49.9 Å². The molecule has 0 radical (unpaired) electrons. The normalized spacial score (nSPS) is 21.4. The molecule has 0 aliphatic carbocycles. The van der Waals surface area contributed by atoms with E-state index in [1.54, 1.807) is 7.11 Å². The highest BCUT2D eigenvalue weighted by atomic mass is 35.5. The van der Waals surface area contributed by atoms with Gasteiger partial charge in [0.05, 0.1) is 7.11 Å². The molecule has 2 nitrogen and oxygen atoms in total. The van der Waals surface area contributed by atoms with Crippen molar-refractivity contribution in [1.82, 2.24) is 0 Å². The van der Waals surface area contributed by atoms with Crippen LogP contribution in [0.15, 0.2) is 18.2 Å². The molecule has 0 fully saturated rings. The highest BCUT2D eigenvalue weighted by Gasteiger charge is 2.29. The molecule has 1 aliphatic heterocycles. The molecule has 1 atom stereocenters. The minimum Gasteiger partial charge on any atom is -0.497 e. The number of ether oxygens (including phenoxy) is 1. The lowest BCUT2D eigenvalue weighted by Crippen LogP contribution is -2.36. The number of fused-ring (bicyclic) bond motifs is 1. The highest BCUT2D eigenvalue weighted by Crippen LogP contribution is 2.39. The van der Waals surface area contributed by atoms with Gasteiger partial charge in [0.1, 0.15) is 5.75 Å². The Bertz CT molecular complexity index is 376. The van der Waals surface area contributed by atoms with E-state index in [0.717, 1.165) is 12.2 Å². The molecule has 1 aromatic carbocycles. The fourth-order valence-electron chi connectivity index (χ4n) is 2.48. The maximum absolute atomic E-state index is 5.25. The molecular weight excluding hydrogens is 222 g/mol. The van der Waals surface area contributed by atoms with Gasteiger partial charge in [-0.2, -0.15) is 0 Å². The van der Waals surface area contributed by atoms with Gasteiger partial charge in [0.15, 0.2) is 0 Å². The second kappa shape index (κ2) is 4.54. The van der Waals surface area contributed by atoms with Crippen LogP contribution in [-0.2, 0) is 0 Å². The van der Waals surface area contributed by atoms with E-state index in [1.165, 1.54) is 11.3 Å². The Morgan fingerprint density at radius 1 is 1.38 bits per heavy atom. The summed E-state index contributed by atoms with van der Waals surface area (Å²) in [5.41, 5.74) is 2.81. The molecule has 0 saturated heterocycles. The average Bonchev–Trinajstić information content (AvgIpc) is 2.15. The third-order valence-corrected chi connectivity index (χ3v) is 3.08. The second-order valence-electron chi connectivity index (χ2n) is 5.07. The maximum atomic E-state index is 5.25. The van der Waals surface area contributed by atoms with Crippen LogP contribution in [0.3, 0.4) is 0 Å². The van der Waals surface area contributed by atoms with Crippen molar-refractivity contribution >= 4 is 18.1 Å². The van der Waals surface area contributed by atoms with Crippen LogP contribution in [0.2, 0.25) is 0 Å². The number of benzene rings is 1. The zero-order valence-electron chi connectivity index (χ0n) is 10.3. The van der Waals surface area contributed by atoms with Crippen molar-refractivity contribution in [2.24, 2.45) is 0 Å². The van der Waals surface area contributed by atoms with Crippen molar-refractivity contribution in [3.8, 4) is 5.75 Å². The second-order valence-corrected chi connectivity index (χ2v) is 5.07. The molecule has 1 N–H and O–H groups in total. The zero-order chi connectivity index (χ0) is 11.1. The number of halogens is 1. The number of methoxy groups -OCH3 is 1. The number of hydrogen-bond donors (Lipinski definition) is 1. The predicted octanol–water partition coefficient (Wildman–Crippen LogP) is 3.81. The van der Waals surface area contributed by atoms with E-state index >= 15 is 0 Å². The highest BCUT2D eigenvalue weighted by molar-refractivity contribution is 5.85. The van der Waals surface area contributed by atoms with Gasteiger partial charge in [-0.25, -0.2) is 0 Å². The number of anilines is 1. The van der Waals surface area contributed by atoms with E-state index in [0.29, 0.717) is 5.92 Å². The standard InChI is InChI=1S/C13H19NO.ClH/c1-9-8-13(2,3)14-12-6-5-10(15-4)7-11(9)12;/h5-7,9,14H,8H2,1-4H3;1H. The molecule has 0 saturated carbocycles. The van der Waals surface area contributed by atoms with Gasteiger partial charge in [-0.15, -0.1) is 12.4 Å².